The van der Waals surface area contributed by atoms with Gasteiger partial charge in [0.05, 0.1) is 34.5 Å². The van der Waals surface area contributed by atoms with Crippen LogP contribution in [0, 0.1) is 5.82 Å². The average Bonchev–Trinajstić information content (AvgIpc) is 3.39. The molecule has 0 bridgehead atoms. The Bertz CT molecular complexity index is 1600. The number of nitrogens with zero attached hydrogens (tertiary/aromatic N) is 5. The number of amides is 2. The van der Waals surface area contributed by atoms with Crippen LogP contribution in [0.5, 0.6) is 0 Å². The first kappa shape index (κ1) is 29.9. The van der Waals surface area contributed by atoms with Crippen LogP contribution in [-0.4, -0.2) is 71.1 Å². The molecule has 1 unspecified atom stereocenters. The van der Waals surface area contributed by atoms with Crippen LogP contribution in [0.25, 0.3) is 11.4 Å². The molecule has 0 spiro atoms. The second-order valence-corrected chi connectivity index (χ2v) is 13.7. The van der Waals surface area contributed by atoms with Crippen molar-refractivity contribution in [2.75, 3.05) is 23.7 Å². The monoisotopic (exact) mass is 619 g/mol. The molecule has 224 valence electrons. The van der Waals surface area contributed by atoms with Gasteiger partial charge in [-0.25, -0.2) is 17.6 Å². The van der Waals surface area contributed by atoms with E-state index >= 15 is 4.39 Å². The second kappa shape index (κ2) is 11.6. The van der Waals surface area contributed by atoms with Crippen LogP contribution in [0.4, 0.5) is 14.9 Å². The Kier molecular flexibility index (Phi) is 8.23. The summed E-state index contributed by atoms with van der Waals surface area (Å²) in [5, 5.41) is 18.6. The molecule has 2 N–H and O–H groups in total. The van der Waals surface area contributed by atoms with Gasteiger partial charge in [-0.2, -0.15) is 4.80 Å². The number of alkyl carbamates (subject to hydrolysis) is 1. The Morgan fingerprint density at radius 2 is 1.98 bits per heavy atom. The number of fused-ring (bicyclic) bond motifs is 1. The third-order valence-corrected chi connectivity index (χ3v) is 8.86. The molecular weight excluding hydrogens is 589 g/mol. The number of rotatable bonds is 5. The molecule has 1 aromatic heterocycles. The maximum Gasteiger partial charge on any atom is 0.408 e. The van der Waals surface area contributed by atoms with Crippen molar-refractivity contribution in [1.29, 1.82) is 0 Å². The number of anilines is 1. The lowest BCUT2D eigenvalue weighted by molar-refractivity contribution is -0.120. The number of ether oxygens (including phenoxy) is 1. The molecule has 2 atom stereocenters. The van der Waals surface area contributed by atoms with E-state index in [4.69, 9.17) is 16.3 Å². The van der Waals surface area contributed by atoms with Gasteiger partial charge in [0.2, 0.25) is 5.82 Å². The van der Waals surface area contributed by atoms with Gasteiger partial charge in [-0.05, 0) is 75.2 Å². The standard InChI is InChI=1S/C27H31ClFN7O5S/c1-27(2,3)41-26(38)31-21-15-42(39,40)23-12-20(29)19(24-32-34-36(33-24)18-5-4-10-30-13-18)11-22(23)35(25(21)37)14-16-6-8-17(28)9-7-16/h6-9,11-12,18,21,30H,4-5,10,13-15H2,1-3H3,(H,31,38)/t18?,21-/m0/s1. The van der Waals surface area contributed by atoms with Crippen LogP contribution in [-0.2, 0) is 25.9 Å². The lowest BCUT2D eigenvalue weighted by Gasteiger charge is -2.27. The molecule has 2 aliphatic rings. The van der Waals surface area contributed by atoms with Gasteiger partial charge in [0, 0.05) is 11.6 Å². The molecule has 0 radical (unpaired) electrons. The summed E-state index contributed by atoms with van der Waals surface area (Å²) in [7, 11) is -4.28. The SMILES string of the molecule is CC(C)(C)OC(=O)N[C@H]1CS(=O)(=O)c2cc(F)c(-c3nnn(C4CCCNC4)n3)cc2N(Cc2ccc(Cl)cc2)C1=O. The van der Waals surface area contributed by atoms with Crippen LogP contribution in [0.15, 0.2) is 41.3 Å². The molecule has 5 rings (SSSR count). The van der Waals surface area contributed by atoms with Crippen molar-refractivity contribution in [2.24, 2.45) is 0 Å². The van der Waals surface area contributed by atoms with Crippen molar-refractivity contribution in [1.82, 2.24) is 30.8 Å². The zero-order valence-electron chi connectivity index (χ0n) is 23.3. The highest BCUT2D eigenvalue weighted by Crippen LogP contribution is 2.37. The van der Waals surface area contributed by atoms with E-state index in [0.29, 0.717) is 17.1 Å². The fourth-order valence-electron chi connectivity index (χ4n) is 4.87. The Morgan fingerprint density at radius 3 is 2.64 bits per heavy atom. The zero-order valence-corrected chi connectivity index (χ0v) is 24.9. The van der Waals surface area contributed by atoms with Crippen LogP contribution in [0.2, 0.25) is 5.02 Å². The second-order valence-electron chi connectivity index (χ2n) is 11.3. The summed E-state index contributed by atoms with van der Waals surface area (Å²) in [4.78, 5) is 28.7. The predicted molar refractivity (Wildman–Crippen MR) is 152 cm³/mol. The number of aromatic nitrogens is 4. The minimum Gasteiger partial charge on any atom is -0.444 e. The minimum atomic E-state index is -4.28. The number of sulfone groups is 1. The van der Waals surface area contributed by atoms with Crippen LogP contribution < -0.4 is 15.5 Å². The molecule has 3 heterocycles. The van der Waals surface area contributed by atoms with Gasteiger partial charge in [-0.1, -0.05) is 23.7 Å². The van der Waals surface area contributed by atoms with E-state index in [-0.39, 0.29) is 29.7 Å². The van der Waals surface area contributed by atoms with Crippen LogP contribution in [0.3, 0.4) is 0 Å². The number of halogens is 2. The van der Waals surface area contributed by atoms with Crippen molar-refractivity contribution in [3.63, 3.8) is 0 Å². The highest BCUT2D eigenvalue weighted by Gasteiger charge is 2.40. The van der Waals surface area contributed by atoms with E-state index in [1.165, 1.54) is 15.8 Å². The average molecular weight is 620 g/mol. The molecule has 0 saturated carbocycles. The number of hydrogen-bond acceptors (Lipinski definition) is 9. The molecule has 1 saturated heterocycles. The van der Waals surface area contributed by atoms with Crippen molar-refractivity contribution in [3.05, 3.63) is 52.8 Å². The van der Waals surface area contributed by atoms with E-state index in [9.17, 15) is 18.0 Å². The lowest BCUT2D eigenvalue weighted by atomic mass is 10.1. The number of benzene rings is 2. The van der Waals surface area contributed by atoms with Gasteiger partial charge in [0.1, 0.15) is 17.5 Å². The summed E-state index contributed by atoms with van der Waals surface area (Å²) in [6.07, 6.45) is 0.786. The summed E-state index contributed by atoms with van der Waals surface area (Å²) >= 11 is 6.04. The molecule has 3 aromatic rings. The molecular formula is C27H31ClFN7O5S. The van der Waals surface area contributed by atoms with Gasteiger partial charge in [0.15, 0.2) is 9.84 Å². The van der Waals surface area contributed by atoms with Gasteiger partial charge in [-0.15, -0.1) is 10.2 Å². The number of carbonyl (C=O) groups is 2. The Balaban J connectivity index is 1.58. The van der Waals surface area contributed by atoms with Gasteiger partial charge in [0.25, 0.3) is 5.91 Å². The van der Waals surface area contributed by atoms with Crippen LogP contribution in [0.1, 0.15) is 45.2 Å². The highest BCUT2D eigenvalue weighted by molar-refractivity contribution is 7.91. The molecule has 0 aliphatic carbocycles. The highest BCUT2D eigenvalue weighted by atomic mass is 35.5. The van der Waals surface area contributed by atoms with E-state index in [0.717, 1.165) is 25.5 Å². The third-order valence-electron chi connectivity index (χ3n) is 6.84. The summed E-state index contributed by atoms with van der Waals surface area (Å²) in [5.41, 5.74) is -0.463. The molecule has 12 nitrogen and oxygen atoms in total. The number of carbonyl (C=O) groups excluding carboxylic acids is 2. The fourth-order valence-corrected chi connectivity index (χ4v) is 6.61. The van der Waals surface area contributed by atoms with E-state index < -0.39 is 49.9 Å². The quantitative estimate of drug-likeness (QED) is 0.439. The largest absolute Gasteiger partial charge is 0.444 e. The zero-order chi connectivity index (χ0) is 30.2. The minimum absolute atomic E-state index is 0.0511. The summed E-state index contributed by atoms with van der Waals surface area (Å²) in [6, 6.07) is 7.16. The van der Waals surface area contributed by atoms with E-state index in [1.807, 2.05) is 0 Å². The summed E-state index contributed by atoms with van der Waals surface area (Å²) < 4.78 is 48.0. The number of hydrogen-bond donors (Lipinski definition) is 2. The third kappa shape index (κ3) is 6.55. The van der Waals surface area contributed by atoms with Gasteiger partial charge < -0.3 is 20.3 Å². The van der Waals surface area contributed by atoms with E-state index in [1.54, 1.807) is 45.0 Å². The molecule has 15 heteroatoms. The normalized spacial score (nSPS) is 20.5. The van der Waals surface area contributed by atoms with E-state index in [2.05, 4.69) is 26.0 Å². The first-order valence-corrected chi connectivity index (χ1v) is 15.5. The smallest absolute Gasteiger partial charge is 0.408 e. The first-order chi connectivity index (χ1) is 19.8. The topological polar surface area (TPSA) is 148 Å². The first-order valence-electron chi connectivity index (χ1n) is 13.4. The summed E-state index contributed by atoms with van der Waals surface area (Å²) in [5.74, 6) is -2.46. The number of tetrazole rings is 1. The Morgan fingerprint density at radius 1 is 1.24 bits per heavy atom. The Hall–Kier alpha value is -3.62. The molecule has 2 amide bonds. The number of nitrogens with one attached hydrogen (secondary N) is 2. The van der Waals surface area contributed by atoms with Crippen LogP contribution >= 0.6 is 11.6 Å². The maximum absolute atomic E-state index is 15.6. The van der Waals surface area contributed by atoms with Gasteiger partial charge in [-0.3, -0.25) is 4.79 Å². The summed E-state index contributed by atoms with van der Waals surface area (Å²) in [6.45, 7) is 6.34. The maximum atomic E-state index is 15.6. The molecule has 42 heavy (non-hydrogen) atoms. The van der Waals surface area contributed by atoms with Crippen molar-refractivity contribution in [2.45, 2.75) is 62.7 Å². The lowest BCUT2D eigenvalue weighted by Crippen LogP contribution is -2.51. The molecule has 2 aromatic carbocycles. The van der Waals surface area contributed by atoms with Crippen molar-refractivity contribution in [3.8, 4) is 11.4 Å². The molecule has 1 fully saturated rings. The van der Waals surface area contributed by atoms with Gasteiger partial charge >= 0.3 is 6.09 Å². The Labute approximate surface area is 247 Å². The van der Waals surface area contributed by atoms with Crippen molar-refractivity contribution < 1.29 is 27.1 Å². The fraction of sp³-hybridized carbons (Fsp3) is 0.444. The van der Waals surface area contributed by atoms with Crippen molar-refractivity contribution >= 4 is 39.1 Å². The molecule has 2 aliphatic heterocycles. The number of piperidine rings is 1. The predicted octanol–water partition coefficient (Wildman–Crippen LogP) is 3.27.